The fraction of sp³-hybridized carbons (Fsp3) is 0.429. The summed E-state index contributed by atoms with van der Waals surface area (Å²) in [6.45, 7) is -0.528. The zero-order valence-electron chi connectivity index (χ0n) is 11.4. The topological polar surface area (TPSA) is 55.4 Å². The molecule has 4 nitrogen and oxygen atoms in total. The average molecular weight is 336 g/mol. The molecule has 1 aliphatic carbocycles. The van der Waals surface area contributed by atoms with Crippen LogP contribution in [0.2, 0.25) is 5.02 Å². The third-order valence-electron chi connectivity index (χ3n) is 3.34. The van der Waals surface area contributed by atoms with Crippen LogP contribution in [0.25, 0.3) is 0 Å². The van der Waals surface area contributed by atoms with Crippen molar-refractivity contribution in [2.24, 2.45) is 5.92 Å². The van der Waals surface area contributed by atoms with Crippen LogP contribution in [-0.4, -0.2) is 18.5 Å². The Kier molecular flexibility index (Phi) is 4.95. The Balaban J connectivity index is 1.92. The summed E-state index contributed by atoms with van der Waals surface area (Å²) in [4.78, 5) is 23.0. The van der Waals surface area contributed by atoms with Gasteiger partial charge in [0.05, 0.1) is 16.5 Å². The summed E-state index contributed by atoms with van der Waals surface area (Å²) in [7, 11) is 0. The van der Waals surface area contributed by atoms with Crippen LogP contribution >= 0.6 is 11.6 Å². The Morgan fingerprint density at radius 3 is 2.55 bits per heavy atom. The van der Waals surface area contributed by atoms with E-state index in [2.05, 4.69) is 5.32 Å². The molecule has 8 heteroatoms. The number of hydrogen-bond donors (Lipinski definition) is 1. The standard InChI is InChI=1S/C14H13ClF3NO3/c15-11-5-4-9(6-10(11)14(16,17)18)19-12(20)7-22-13(21)8-2-1-3-8/h4-6,8H,1-3,7H2,(H,19,20). The van der Waals surface area contributed by atoms with Gasteiger partial charge in [-0.1, -0.05) is 18.0 Å². The predicted molar refractivity (Wildman–Crippen MR) is 73.4 cm³/mol. The van der Waals surface area contributed by atoms with Gasteiger partial charge in [0.25, 0.3) is 5.91 Å². The number of anilines is 1. The minimum atomic E-state index is -4.62. The predicted octanol–water partition coefficient (Wildman–Crippen LogP) is 3.64. The summed E-state index contributed by atoms with van der Waals surface area (Å²) >= 11 is 5.48. The molecule has 0 aliphatic heterocycles. The highest BCUT2D eigenvalue weighted by Gasteiger charge is 2.33. The van der Waals surface area contributed by atoms with Crippen LogP contribution < -0.4 is 5.32 Å². The van der Waals surface area contributed by atoms with E-state index in [1.165, 1.54) is 6.07 Å². The Labute approximate surface area is 129 Å². The molecular weight excluding hydrogens is 323 g/mol. The SMILES string of the molecule is O=C(COC(=O)C1CCC1)Nc1ccc(Cl)c(C(F)(F)F)c1. The van der Waals surface area contributed by atoms with Crippen molar-refractivity contribution in [1.29, 1.82) is 0 Å². The van der Waals surface area contributed by atoms with Gasteiger partial charge >= 0.3 is 12.1 Å². The van der Waals surface area contributed by atoms with E-state index in [0.717, 1.165) is 31.4 Å². The molecule has 1 aromatic carbocycles. The number of amides is 1. The maximum absolute atomic E-state index is 12.7. The van der Waals surface area contributed by atoms with Crippen molar-refractivity contribution in [3.8, 4) is 0 Å². The van der Waals surface area contributed by atoms with Gasteiger partial charge in [-0.3, -0.25) is 9.59 Å². The van der Waals surface area contributed by atoms with Gasteiger partial charge in [0.2, 0.25) is 0 Å². The summed E-state index contributed by atoms with van der Waals surface area (Å²) in [5.74, 6) is -1.32. The molecule has 0 radical (unpaired) electrons. The summed E-state index contributed by atoms with van der Waals surface area (Å²) < 4.78 is 42.9. The lowest BCUT2D eigenvalue weighted by atomic mass is 9.86. The van der Waals surface area contributed by atoms with Gasteiger partial charge in [-0.2, -0.15) is 13.2 Å². The van der Waals surface area contributed by atoms with Crippen molar-refractivity contribution in [2.75, 3.05) is 11.9 Å². The summed E-state index contributed by atoms with van der Waals surface area (Å²) in [5, 5.41) is 1.78. The second-order valence-corrected chi connectivity index (χ2v) is 5.38. The molecule has 1 aliphatic rings. The molecule has 1 amide bonds. The normalized spacial score (nSPS) is 15.1. The molecule has 0 unspecified atom stereocenters. The molecule has 0 saturated heterocycles. The maximum Gasteiger partial charge on any atom is 0.417 e. The van der Waals surface area contributed by atoms with E-state index in [9.17, 15) is 22.8 Å². The lowest BCUT2D eigenvalue weighted by molar-refractivity contribution is -0.154. The quantitative estimate of drug-likeness (QED) is 0.855. The van der Waals surface area contributed by atoms with Gasteiger partial charge in [0.15, 0.2) is 6.61 Å². The second kappa shape index (κ2) is 6.56. The average Bonchev–Trinajstić information content (AvgIpc) is 2.35. The molecule has 0 atom stereocenters. The highest BCUT2D eigenvalue weighted by molar-refractivity contribution is 6.31. The largest absolute Gasteiger partial charge is 0.455 e. The smallest absolute Gasteiger partial charge is 0.417 e. The molecular formula is C14H13ClF3NO3. The zero-order chi connectivity index (χ0) is 16.3. The molecule has 1 saturated carbocycles. The molecule has 2 rings (SSSR count). The Hall–Kier alpha value is -1.76. The number of ether oxygens (including phenoxy) is 1. The third kappa shape index (κ3) is 4.13. The van der Waals surface area contributed by atoms with E-state index in [4.69, 9.17) is 16.3 Å². The highest BCUT2D eigenvalue weighted by Crippen LogP contribution is 2.36. The number of carbonyl (C=O) groups is 2. The molecule has 0 heterocycles. The number of benzene rings is 1. The van der Waals surface area contributed by atoms with Gasteiger partial charge in [0, 0.05) is 5.69 Å². The van der Waals surface area contributed by atoms with E-state index in [1.807, 2.05) is 0 Å². The molecule has 0 aromatic heterocycles. The number of rotatable bonds is 4. The first-order valence-electron chi connectivity index (χ1n) is 6.60. The molecule has 0 spiro atoms. The number of hydrogen-bond acceptors (Lipinski definition) is 3. The van der Waals surface area contributed by atoms with E-state index in [0.29, 0.717) is 0 Å². The van der Waals surface area contributed by atoms with E-state index < -0.39 is 35.2 Å². The first kappa shape index (κ1) is 16.6. The Morgan fingerprint density at radius 2 is 2.00 bits per heavy atom. The minimum Gasteiger partial charge on any atom is -0.455 e. The first-order valence-corrected chi connectivity index (χ1v) is 6.98. The van der Waals surface area contributed by atoms with Gasteiger partial charge in [-0.15, -0.1) is 0 Å². The summed E-state index contributed by atoms with van der Waals surface area (Å²) in [6, 6.07) is 3.01. The number of nitrogens with one attached hydrogen (secondary N) is 1. The zero-order valence-corrected chi connectivity index (χ0v) is 12.1. The maximum atomic E-state index is 12.7. The van der Waals surface area contributed by atoms with Crippen molar-refractivity contribution in [2.45, 2.75) is 25.4 Å². The summed E-state index contributed by atoms with van der Waals surface area (Å²) in [6.07, 6.45) is -2.18. The first-order chi connectivity index (χ1) is 10.3. The number of carbonyl (C=O) groups excluding carboxylic acids is 2. The second-order valence-electron chi connectivity index (χ2n) is 4.98. The molecule has 1 aromatic rings. The highest BCUT2D eigenvalue weighted by atomic mass is 35.5. The molecule has 22 heavy (non-hydrogen) atoms. The van der Waals surface area contributed by atoms with Crippen molar-refractivity contribution >= 4 is 29.2 Å². The molecule has 1 N–H and O–H groups in total. The van der Waals surface area contributed by atoms with Crippen LogP contribution in [0.1, 0.15) is 24.8 Å². The van der Waals surface area contributed by atoms with Crippen molar-refractivity contribution < 1.29 is 27.5 Å². The lowest BCUT2D eigenvalue weighted by Gasteiger charge is -2.22. The Bertz CT molecular complexity index is 585. The van der Waals surface area contributed by atoms with Crippen molar-refractivity contribution in [3.63, 3.8) is 0 Å². The Morgan fingerprint density at radius 1 is 1.32 bits per heavy atom. The molecule has 1 fully saturated rings. The fourth-order valence-electron chi connectivity index (χ4n) is 1.92. The molecule has 120 valence electrons. The van der Waals surface area contributed by atoms with Gasteiger partial charge in [0.1, 0.15) is 0 Å². The lowest BCUT2D eigenvalue weighted by Crippen LogP contribution is -2.28. The van der Waals surface area contributed by atoms with Gasteiger partial charge < -0.3 is 10.1 Å². The van der Waals surface area contributed by atoms with E-state index in [1.54, 1.807) is 0 Å². The number of alkyl halides is 3. The number of halogens is 4. The van der Waals surface area contributed by atoms with Gasteiger partial charge in [-0.05, 0) is 31.0 Å². The summed E-state index contributed by atoms with van der Waals surface area (Å²) in [5.41, 5.74) is -1.11. The number of esters is 1. The van der Waals surface area contributed by atoms with Crippen LogP contribution in [0.5, 0.6) is 0 Å². The van der Waals surface area contributed by atoms with Crippen molar-refractivity contribution in [3.05, 3.63) is 28.8 Å². The van der Waals surface area contributed by atoms with Gasteiger partial charge in [-0.25, -0.2) is 0 Å². The third-order valence-corrected chi connectivity index (χ3v) is 3.67. The van der Waals surface area contributed by atoms with Crippen LogP contribution in [0.3, 0.4) is 0 Å². The van der Waals surface area contributed by atoms with E-state index in [-0.39, 0.29) is 11.6 Å². The monoisotopic (exact) mass is 335 g/mol. The molecule has 0 bridgehead atoms. The fourth-order valence-corrected chi connectivity index (χ4v) is 2.14. The van der Waals surface area contributed by atoms with Crippen LogP contribution in [-0.2, 0) is 20.5 Å². The van der Waals surface area contributed by atoms with Crippen molar-refractivity contribution in [1.82, 2.24) is 0 Å². The van der Waals surface area contributed by atoms with Crippen LogP contribution in [0, 0.1) is 5.92 Å². The van der Waals surface area contributed by atoms with Crippen LogP contribution in [0.4, 0.5) is 18.9 Å². The minimum absolute atomic E-state index is 0.0681. The van der Waals surface area contributed by atoms with Crippen LogP contribution in [0.15, 0.2) is 18.2 Å². The van der Waals surface area contributed by atoms with E-state index >= 15 is 0 Å².